The van der Waals surface area contributed by atoms with Gasteiger partial charge in [-0.1, -0.05) is 24.6 Å². The van der Waals surface area contributed by atoms with Gasteiger partial charge in [0.05, 0.1) is 11.7 Å². The van der Waals surface area contributed by atoms with Crippen LogP contribution < -0.4 is 5.73 Å². The Bertz CT molecular complexity index is 654. The molecule has 2 aromatic rings. The van der Waals surface area contributed by atoms with Gasteiger partial charge in [0.15, 0.2) is 0 Å². The molecule has 0 saturated carbocycles. The first-order valence-corrected chi connectivity index (χ1v) is 7.37. The molecule has 106 valence electrons. The van der Waals surface area contributed by atoms with E-state index in [-0.39, 0.29) is 6.04 Å². The average Bonchev–Trinajstić information content (AvgIpc) is 2.71. The first kappa shape index (κ1) is 13.4. The van der Waals surface area contributed by atoms with Gasteiger partial charge in [0.2, 0.25) is 0 Å². The standard InChI is InChI=1S/C17H23N3/c1-10-5-6-12(3)14(7-10)16-13(4)20-9-11(2)8-15(18)17(20)19-16/h5-7,11,15H,8-9,18H2,1-4H3. The molecule has 1 aliphatic heterocycles. The van der Waals surface area contributed by atoms with Crippen LogP contribution in [-0.2, 0) is 6.54 Å². The summed E-state index contributed by atoms with van der Waals surface area (Å²) in [6, 6.07) is 6.62. The second-order valence-corrected chi connectivity index (χ2v) is 6.28. The van der Waals surface area contributed by atoms with Crippen LogP contribution in [0.4, 0.5) is 0 Å². The van der Waals surface area contributed by atoms with Crippen LogP contribution in [0.2, 0.25) is 0 Å². The van der Waals surface area contributed by atoms with E-state index in [4.69, 9.17) is 10.7 Å². The van der Waals surface area contributed by atoms with Crippen LogP contribution in [0.15, 0.2) is 18.2 Å². The number of nitrogens with zero attached hydrogens (tertiary/aromatic N) is 2. The number of fused-ring (bicyclic) bond motifs is 1. The Morgan fingerprint density at radius 3 is 2.75 bits per heavy atom. The zero-order valence-corrected chi connectivity index (χ0v) is 12.8. The van der Waals surface area contributed by atoms with Crippen LogP contribution in [0, 0.1) is 26.7 Å². The van der Waals surface area contributed by atoms with Gasteiger partial charge in [-0.15, -0.1) is 0 Å². The van der Waals surface area contributed by atoms with E-state index in [1.807, 2.05) is 0 Å². The van der Waals surface area contributed by atoms with Crippen LogP contribution >= 0.6 is 0 Å². The van der Waals surface area contributed by atoms with Crippen molar-refractivity contribution in [1.29, 1.82) is 0 Å². The molecule has 20 heavy (non-hydrogen) atoms. The zero-order chi connectivity index (χ0) is 14.4. The second-order valence-electron chi connectivity index (χ2n) is 6.28. The Morgan fingerprint density at radius 1 is 1.25 bits per heavy atom. The molecule has 1 aliphatic rings. The lowest BCUT2D eigenvalue weighted by Gasteiger charge is -2.26. The average molecular weight is 269 g/mol. The summed E-state index contributed by atoms with van der Waals surface area (Å²) < 4.78 is 2.32. The summed E-state index contributed by atoms with van der Waals surface area (Å²) in [5.41, 5.74) is 12.4. The summed E-state index contributed by atoms with van der Waals surface area (Å²) in [5, 5.41) is 0. The van der Waals surface area contributed by atoms with Crippen molar-refractivity contribution in [2.45, 2.75) is 46.7 Å². The summed E-state index contributed by atoms with van der Waals surface area (Å²) in [5.74, 6) is 1.67. The van der Waals surface area contributed by atoms with E-state index < -0.39 is 0 Å². The molecule has 2 atom stereocenters. The van der Waals surface area contributed by atoms with E-state index in [0.717, 1.165) is 24.5 Å². The predicted molar refractivity (Wildman–Crippen MR) is 82.6 cm³/mol. The minimum atomic E-state index is 0.0660. The Hall–Kier alpha value is -1.61. The molecule has 0 radical (unpaired) electrons. The fourth-order valence-corrected chi connectivity index (χ4v) is 3.24. The number of nitrogens with two attached hydrogens (primary N) is 1. The predicted octanol–water partition coefficient (Wildman–Crippen LogP) is 3.51. The molecule has 2 heterocycles. The van der Waals surface area contributed by atoms with E-state index in [1.54, 1.807) is 0 Å². The van der Waals surface area contributed by atoms with Crippen molar-refractivity contribution < 1.29 is 0 Å². The maximum atomic E-state index is 6.28. The molecule has 0 amide bonds. The number of benzene rings is 1. The van der Waals surface area contributed by atoms with E-state index in [2.05, 4.69) is 50.5 Å². The first-order chi connectivity index (χ1) is 9.47. The van der Waals surface area contributed by atoms with Crippen LogP contribution in [-0.4, -0.2) is 9.55 Å². The highest BCUT2D eigenvalue weighted by atomic mass is 15.1. The quantitative estimate of drug-likeness (QED) is 0.861. The van der Waals surface area contributed by atoms with E-state index >= 15 is 0 Å². The summed E-state index contributed by atoms with van der Waals surface area (Å²) in [7, 11) is 0. The maximum absolute atomic E-state index is 6.28. The maximum Gasteiger partial charge on any atom is 0.126 e. The largest absolute Gasteiger partial charge is 0.330 e. The van der Waals surface area contributed by atoms with Gasteiger partial charge in [0, 0.05) is 17.8 Å². The molecular weight excluding hydrogens is 246 g/mol. The number of hydrogen-bond donors (Lipinski definition) is 1. The molecular formula is C17H23N3. The third-order valence-corrected chi connectivity index (χ3v) is 4.38. The lowest BCUT2D eigenvalue weighted by molar-refractivity contribution is 0.343. The van der Waals surface area contributed by atoms with Gasteiger partial charge in [-0.3, -0.25) is 0 Å². The molecule has 3 heteroatoms. The van der Waals surface area contributed by atoms with Crippen molar-refractivity contribution in [3.05, 3.63) is 40.8 Å². The number of hydrogen-bond acceptors (Lipinski definition) is 2. The molecule has 0 fully saturated rings. The van der Waals surface area contributed by atoms with Crippen LogP contribution in [0.25, 0.3) is 11.3 Å². The molecule has 0 spiro atoms. The van der Waals surface area contributed by atoms with Crippen molar-refractivity contribution in [2.75, 3.05) is 0 Å². The summed E-state index contributed by atoms with van der Waals surface area (Å²) in [6.45, 7) is 9.74. The highest BCUT2D eigenvalue weighted by molar-refractivity contribution is 5.67. The first-order valence-electron chi connectivity index (χ1n) is 7.37. The molecule has 3 nitrogen and oxygen atoms in total. The molecule has 0 aliphatic carbocycles. The fraction of sp³-hybridized carbons (Fsp3) is 0.471. The van der Waals surface area contributed by atoms with Gasteiger partial charge in [-0.05, 0) is 44.7 Å². The van der Waals surface area contributed by atoms with Gasteiger partial charge in [0.25, 0.3) is 0 Å². The SMILES string of the molecule is Cc1ccc(C)c(-c2nc3n(c2C)CC(C)CC3N)c1. The highest BCUT2D eigenvalue weighted by Gasteiger charge is 2.27. The molecule has 3 rings (SSSR count). The third-order valence-electron chi connectivity index (χ3n) is 4.38. The van der Waals surface area contributed by atoms with Gasteiger partial charge < -0.3 is 10.3 Å². The Labute approximate surface area is 120 Å². The number of rotatable bonds is 1. The smallest absolute Gasteiger partial charge is 0.126 e. The Kier molecular flexibility index (Phi) is 3.17. The molecule has 1 aromatic heterocycles. The van der Waals surface area contributed by atoms with Crippen molar-refractivity contribution in [3.8, 4) is 11.3 Å². The van der Waals surface area contributed by atoms with Gasteiger partial charge in [-0.2, -0.15) is 0 Å². The zero-order valence-electron chi connectivity index (χ0n) is 12.8. The molecule has 1 aromatic carbocycles. The van der Waals surface area contributed by atoms with Crippen LogP contribution in [0.1, 0.15) is 42.0 Å². The summed E-state index contributed by atoms with van der Waals surface area (Å²) in [6.07, 6.45) is 1.03. The van der Waals surface area contributed by atoms with Crippen molar-refractivity contribution in [2.24, 2.45) is 11.7 Å². The van der Waals surface area contributed by atoms with Gasteiger partial charge in [-0.25, -0.2) is 4.98 Å². The van der Waals surface area contributed by atoms with Crippen LogP contribution in [0.3, 0.4) is 0 Å². The lowest BCUT2D eigenvalue weighted by atomic mass is 9.98. The number of aromatic nitrogens is 2. The number of imidazole rings is 1. The Morgan fingerprint density at radius 2 is 2.00 bits per heavy atom. The minimum absolute atomic E-state index is 0.0660. The third kappa shape index (κ3) is 2.06. The minimum Gasteiger partial charge on any atom is -0.330 e. The highest BCUT2D eigenvalue weighted by Crippen LogP contribution is 2.34. The lowest BCUT2D eigenvalue weighted by Crippen LogP contribution is -2.27. The monoisotopic (exact) mass is 269 g/mol. The summed E-state index contributed by atoms with van der Waals surface area (Å²) >= 11 is 0. The second kappa shape index (κ2) is 4.74. The van der Waals surface area contributed by atoms with Gasteiger partial charge in [0.1, 0.15) is 5.82 Å². The van der Waals surface area contributed by atoms with Crippen LogP contribution in [0.5, 0.6) is 0 Å². The fourth-order valence-electron chi connectivity index (χ4n) is 3.24. The van der Waals surface area contributed by atoms with Crippen molar-refractivity contribution >= 4 is 0 Å². The van der Waals surface area contributed by atoms with E-state index in [0.29, 0.717) is 5.92 Å². The molecule has 0 saturated heterocycles. The van der Waals surface area contributed by atoms with Crippen molar-refractivity contribution in [1.82, 2.24) is 9.55 Å². The molecule has 2 unspecified atom stereocenters. The Balaban J connectivity index is 2.17. The number of aryl methyl sites for hydroxylation is 2. The molecule has 2 N–H and O–H groups in total. The van der Waals surface area contributed by atoms with E-state index in [1.165, 1.54) is 22.4 Å². The topological polar surface area (TPSA) is 43.8 Å². The molecule has 0 bridgehead atoms. The van der Waals surface area contributed by atoms with E-state index in [9.17, 15) is 0 Å². The summed E-state index contributed by atoms with van der Waals surface area (Å²) in [4.78, 5) is 4.88. The normalized spacial score (nSPS) is 21.9. The van der Waals surface area contributed by atoms with Crippen molar-refractivity contribution in [3.63, 3.8) is 0 Å². The van der Waals surface area contributed by atoms with Gasteiger partial charge >= 0.3 is 0 Å².